The number of rotatable bonds is 6. The summed E-state index contributed by atoms with van der Waals surface area (Å²) in [6, 6.07) is 16.9. The number of aliphatic hydroxyl groups excluding tert-OH is 1. The Kier molecular flexibility index (Phi) is 4.83. The quantitative estimate of drug-likeness (QED) is 0.861. The summed E-state index contributed by atoms with van der Waals surface area (Å²) in [5.41, 5.74) is 5.97. The van der Waals surface area contributed by atoms with Crippen molar-refractivity contribution >= 4 is 5.91 Å². The van der Waals surface area contributed by atoms with E-state index in [2.05, 4.69) is 0 Å². The minimum Gasteiger partial charge on any atom is -0.489 e. The number of carbonyl (C=O) groups is 1. The highest BCUT2D eigenvalue weighted by atomic mass is 16.5. The van der Waals surface area contributed by atoms with Crippen molar-refractivity contribution in [2.24, 2.45) is 11.1 Å². The molecule has 0 bridgehead atoms. The minimum absolute atomic E-state index is 0.444. The van der Waals surface area contributed by atoms with Crippen LogP contribution in [0.15, 0.2) is 54.6 Å². The zero-order valence-corrected chi connectivity index (χ0v) is 12.8. The van der Waals surface area contributed by atoms with E-state index in [1.165, 1.54) is 0 Å². The molecule has 116 valence electrons. The second-order valence-corrected chi connectivity index (χ2v) is 5.84. The number of aliphatic hydroxyl groups is 1. The molecule has 3 N–H and O–H groups in total. The third-order valence-electron chi connectivity index (χ3n) is 3.74. The van der Waals surface area contributed by atoms with E-state index in [0.29, 0.717) is 17.9 Å². The van der Waals surface area contributed by atoms with Gasteiger partial charge in [-0.05, 0) is 37.1 Å². The molecule has 0 unspecified atom stereocenters. The van der Waals surface area contributed by atoms with Crippen LogP contribution in [0.4, 0.5) is 0 Å². The van der Waals surface area contributed by atoms with Gasteiger partial charge in [-0.1, -0.05) is 42.5 Å². The van der Waals surface area contributed by atoms with Gasteiger partial charge in [-0.25, -0.2) is 0 Å². The Balaban J connectivity index is 2.11. The summed E-state index contributed by atoms with van der Waals surface area (Å²) in [4.78, 5) is 11.5. The topological polar surface area (TPSA) is 72.6 Å². The first-order valence-corrected chi connectivity index (χ1v) is 7.16. The van der Waals surface area contributed by atoms with E-state index >= 15 is 0 Å². The lowest BCUT2D eigenvalue weighted by Crippen LogP contribution is -2.37. The fraction of sp³-hybridized carbons (Fsp3) is 0.278. The standard InChI is InChI=1S/C18H21NO3/c1-18(2,17(19)21)16(20)14-9-6-10-15(11-14)22-12-13-7-4-3-5-8-13/h3-11,16,20H,12H2,1-2H3,(H2,19,21)/t16-/m0/s1. The number of carbonyl (C=O) groups excluding carboxylic acids is 1. The van der Waals surface area contributed by atoms with Gasteiger partial charge in [-0.15, -0.1) is 0 Å². The molecule has 1 atom stereocenters. The maximum absolute atomic E-state index is 11.5. The molecule has 22 heavy (non-hydrogen) atoms. The van der Waals surface area contributed by atoms with Crippen LogP contribution in [-0.4, -0.2) is 11.0 Å². The van der Waals surface area contributed by atoms with E-state index in [9.17, 15) is 9.90 Å². The molecule has 0 heterocycles. The van der Waals surface area contributed by atoms with Crippen molar-refractivity contribution in [3.63, 3.8) is 0 Å². The number of nitrogens with two attached hydrogens (primary N) is 1. The van der Waals surface area contributed by atoms with Gasteiger partial charge in [0.15, 0.2) is 0 Å². The smallest absolute Gasteiger partial charge is 0.226 e. The zero-order valence-electron chi connectivity index (χ0n) is 12.8. The van der Waals surface area contributed by atoms with E-state index in [-0.39, 0.29) is 0 Å². The van der Waals surface area contributed by atoms with Gasteiger partial charge < -0.3 is 15.6 Å². The molecule has 2 aromatic rings. The van der Waals surface area contributed by atoms with Gasteiger partial charge in [0.25, 0.3) is 0 Å². The van der Waals surface area contributed by atoms with Crippen molar-refractivity contribution in [2.75, 3.05) is 0 Å². The van der Waals surface area contributed by atoms with Gasteiger partial charge in [0.2, 0.25) is 5.91 Å². The van der Waals surface area contributed by atoms with Crippen molar-refractivity contribution in [2.45, 2.75) is 26.6 Å². The summed E-state index contributed by atoms with van der Waals surface area (Å²) in [5.74, 6) is 0.0938. The lowest BCUT2D eigenvalue weighted by molar-refractivity contribution is -0.132. The largest absolute Gasteiger partial charge is 0.489 e. The number of hydrogen-bond donors (Lipinski definition) is 2. The molecule has 2 aromatic carbocycles. The molecule has 4 nitrogen and oxygen atoms in total. The van der Waals surface area contributed by atoms with Crippen molar-refractivity contribution in [1.29, 1.82) is 0 Å². The highest BCUT2D eigenvalue weighted by Crippen LogP contribution is 2.34. The molecule has 0 aromatic heterocycles. The van der Waals surface area contributed by atoms with Crippen LogP contribution in [-0.2, 0) is 11.4 Å². The molecule has 0 aliphatic rings. The molecular weight excluding hydrogens is 278 g/mol. The van der Waals surface area contributed by atoms with Gasteiger partial charge in [0, 0.05) is 0 Å². The third-order valence-corrected chi connectivity index (χ3v) is 3.74. The first-order valence-electron chi connectivity index (χ1n) is 7.16. The first-order chi connectivity index (χ1) is 10.4. The summed E-state index contributed by atoms with van der Waals surface area (Å²) in [5, 5.41) is 10.4. The number of amides is 1. The van der Waals surface area contributed by atoms with E-state index in [4.69, 9.17) is 10.5 Å². The molecule has 1 amide bonds. The third kappa shape index (κ3) is 3.65. The Labute approximate surface area is 130 Å². The second kappa shape index (κ2) is 6.62. The number of ether oxygens (including phenoxy) is 1. The van der Waals surface area contributed by atoms with Crippen LogP contribution in [0.1, 0.15) is 31.1 Å². The van der Waals surface area contributed by atoms with E-state index in [1.54, 1.807) is 32.0 Å². The Morgan fingerprint density at radius 3 is 2.50 bits per heavy atom. The lowest BCUT2D eigenvalue weighted by Gasteiger charge is -2.27. The Morgan fingerprint density at radius 2 is 1.86 bits per heavy atom. The van der Waals surface area contributed by atoms with Gasteiger partial charge in [-0.2, -0.15) is 0 Å². The molecule has 4 heteroatoms. The summed E-state index contributed by atoms with van der Waals surface area (Å²) >= 11 is 0. The van der Waals surface area contributed by atoms with E-state index < -0.39 is 17.4 Å². The summed E-state index contributed by atoms with van der Waals surface area (Å²) < 4.78 is 5.73. The summed E-state index contributed by atoms with van der Waals surface area (Å²) in [7, 11) is 0. The predicted molar refractivity (Wildman–Crippen MR) is 85.2 cm³/mol. The van der Waals surface area contributed by atoms with Crippen molar-refractivity contribution in [3.05, 3.63) is 65.7 Å². The van der Waals surface area contributed by atoms with E-state index in [1.807, 2.05) is 36.4 Å². The van der Waals surface area contributed by atoms with Crippen LogP contribution in [0.3, 0.4) is 0 Å². The zero-order chi connectivity index (χ0) is 16.2. The van der Waals surface area contributed by atoms with Crippen LogP contribution in [0.25, 0.3) is 0 Å². The van der Waals surface area contributed by atoms with Crippen LogP contribution >= 0.6 is 0 Å². The van der Waals surface area contributed by atoms with Crippen molar-refractivity contribution < 1.29 is 14.6 Å². The maximum atomic E-state index is 11.5. The van der Waals surface area contributed by atoms with Gasteiger partial charge >= 0.3 is 0 Å². The average molecular weight is 299 g/mol. The maximum Gasteiger partial charge on any atom is 0.226 e. The summed E-state index contributed by atoms with van der Waals surface area (Å²) in [6.45, 7) is 3.69. The highest BCUT2D eigenvalue weighted by molar-refractivity contribution is 5.80. The second-order valence-electron chi connectivity index (χ2n) is 5.84. The SMILES string of the molecule is CC(C)(C(N)=O)[C@@H](O)c1cccc(OCc2ccccc2)c1. The Bertz CT molecular complexity index is 638. The van der Waals surface area contributed by atoms with Crippen molar-refractivity contribution in [1.82, 2.24) is 0 Å². The van der Waals surface area contributed by atoms with E-state index in [0.717, 1.165) is 5.56 Å². The molecule has 0 saturated carbocycles. The predicted octanol–water partition coefficient (Wildman–Crippen LogP) is 2.81. The van der Waals surface area contributed by atoms with Gasteiger partial charge in [0.05, 0.1) is 11.5 Å². The van der Waals surface area contributed by atoms with Gasteiger partial charge in [0.1, 0.15) is 12.4 Å². The Hall–Kier alpha value is -2.33. The van der Waals surface area contributed by atoms with Crippen LogP contribution in [0.5, 0.6) is 5.75 Å². The first kappa shape index (κ1) is 16.0. The fourth-order valence-corrected chi connectivity index (χ4v) is 2.07. The molecule has 0 saturated heterocycles. The molecule has 0 aliphatic heterocycles. The number of primary amides is 1. The van der Waals surface area contributed by atoms with Crippen molar-refractivity contribution in [3.8, 4) is 5.75 Å². The van der Waals surface area contributed by atoms with Crippen LogP contribution < -0.4 is 10.5 Å². The molecule has 2 rings (SSSR count). The van der Waals surface area contributed by atoms with Crippen LogP contribution in [0, 0.1) is 5.41 Å². The minimum atomic E-state index is -1.04. The highest BCUT2D eigenvalue weighted by Gasteiger charge is 2.35. The molecular formula is C18H21NO3. The Morgan fingerprint density at radius 1 is 1.18 bits per heavy atom. The summed E-state index contributed by atoms with van der Waals surface area (Å²) in [6.07, 6.45) is -0.981. The number of hydrogen-bond acceptors (Lipinski definition) is 3. The van der Waals surface area contributed by atoms with Gasteiger partial charge in [-0.3, -0.25) is 4.79 Å². The molecule has 0 spiro atoms. The average Bonchev–Trinajstić information content (AvgIpc) is 2.53. The number of benzene rings is 2. The monoisotopic (exact) mass is 299 g/mol. The van der Waals surface area contributed by atoms with Crippen LogP contribution in [0.2, 0.25) is 0 Å². The molecule has 0 radical (unpaired) electrons. The normalized spacial score (nSPS) is 12.7. The fourth-order valence-electron chi connectivity index (χ4n) is 2.07. The molecule has 0 aliphatic carbocycles. The lowest BCUT2D eigenvalue weighted by atomic mass is 9.82. The molecule has 0 fully saturated rings.